The van der Waals surface area contributed by atoms with Gasteiger partial charge in [-0.1, -0.05) is 52.3 Å². The van der Waals surface area contributed by atoms with Gasteiger partial charge >= 0.3 is 0 Å². The first-order chi connectivity index (χ1) is 13.5. The Morgan fingerprint density at radius 2 is 1.82 bits per heavy atom. The number of Topliss-reactive ketones (excluding diaryl/α,β-unsaturated/α-hetero) is 1. The molecule has 0 unspecified atom stereocenters. The number of fused-ring (bicyclic) bond motifs is 1. The van der Waals surface area contributed by atoms with Gasteiger partial charge in [-0.3, -0.25) is 4.79 Å². The summed E-state index contributed by atoms with van der Waals surface area (Å²) in [5.41, 5.74) is 2.52. The minimum absolute atomic E-state index is 0.0971. The van der Waals surface area contributed by atoms with Gasteiger partial charge in [-0.15, -0.1) is 0 Å². The van der Waals surface area contributed by atoms with E-state index in [1.54, 1.807) is 36.4 Å². The fourth-order valence-electron chi connectivity index (χ4n) is 3.03. The molecule has 0 atom stereocenters. The third-order valence-corrected chi connectivity index (χ3v) is 5.29. The van der Waals surface area contributed by atoms with Crippen molar-refractivity contribution in [1.82, 2.24) is 0 Å². The van der Waals surface area contributed by atoms with Crippen molar-refractivity contribution >= 4 is 27.8 Å². The molecule has 5 heteroatoms. The van der Waals surface area contributed by atoms with Gasteiger partial charge in [-0.05, 0) is 42.8 Å². The van der Waals surface area contributed by atoms with E-state index in [4.69, 9.17) is 9.47 Å². The summed E-state index contributed by atoms with van der Waals surface area (Å²) in [7, 11) is 0. The van der Waals surface area contributed by atoms with E-state index < -0.39 is 0 Å². The van der Waals surface area contributed by atoms with Gasteiger partial charge in [0.15, 0.2) is 5.76 Å². The molecule has 0 bridgehead atoms. The van der Waals surface area contributed by atoms with Crippen LogP contribution in [0.4, 0.5) is 4.39 Å². The maximum Gasteiger partial charge on any atom is 0.231 e. The van der Waals surface area contributed by atoms with Gasteiger partial charge in [0.05, 0.1) is 5.56 Å². The molecule has 0 N–H and O–H groups in total. The van der Waals surface area contributed by atoms with Gasteiger partial charge in [0, 0.05) is 15.6 Å². The summed E-state index contributed by atoms with van der Waals surface area (Å²) < 4.78 is 26.3. The van der Waals surface area contributed by atoms with Gasteiger partial charge in [0.25, 0.3) is 0 Å². The van der Waals surface area contributed by atoms with Crippen LogP contribution in [0.3, 0.4) is 0 Å². The highest BCUT2D eigenvalue weighted by molar-refractivity contribution is 9.10. The van der Waals surface area contributed by atoms with Crippen molar-refractivity contribution in [1.29, 1.82) is 0 Å². The molecule has 3 aromatic rings. The number of carbonyl (C=O) groups excluding carboxylic acids is 1. The molecular formula is C23H16BrFO3. The van der Waals surface area contributed by atoms with Crippen LogP contribution in [-0.2, 0) is 6.61 Å². The Balaban J connectivity index is 1.60. The number of hydrogen-bond acceptors (Lipinski definition) is 3. The van der Waals surface area contributed by atoms with E-state index in [1.165, 1.54) is 6.07 Å². The molecule has 0 saturated carbocycles. The Bertz CT molecular complexity index is 1100. The predicted molar refractivity (Wildman–Crippen MR) is 109 cm³/mol. The van der Waals surface area contributed by atoms with Crippen molar-refractivity contribution in [2.24, 2.45) is 0 Å². The highest BCUT2D eigenvalue weighted by Crippen LogP contribution is 2.39. The lowest BCUT2D eigenvalue weighted by atomic mass is 10.1. The van der Waals surface area contributed by atoms with Crippen molar-refractivity contribution in [3.05, 3.63) is 99.0 Å². The predicted octanol–water partition coefficient (Wildman–Crippen LogP) is 6.09. The van der Waals surface area contributed by atoms with E-state index in [0.29, 0.717) is 28.2 Å². The number of hydrogen-bond donors (Lipinski definition) is 0. The zero-order valence-corrected chi connectivity index (χ0v) is 16.6. The molecule has 140 valence electrons. The van der Waals surface area contributed by atoms with Gasteiger partial charge < -0.3 is 9.47 Å². The van der Waals surface area contributed by atoms with E-state index in [9.17, 15) is 9.18 Å². The molecule has 28 heavy (non-hydrogen) atoms. The molecule has 0 fully saturated rings. The van der Waals surface area contributed by atoms with E-state index in [1.807, 2.05) is 31.2 Å². The highest BCUT2D eigenvalue weighted by atomic mass is 79.9. The minimum atomic E-state index is -0.314. The van der Waals surface area contributed by atoms with Crippen LogP contribution in [-0.4, -0.2) is 5.78 Å². The third-order valence-electron chi connectivity index (χ3n) is 4.57. The van der Waals surface area contributed by atoms with Crippen LogP contribution in [0.2, 0.25) is 0 Å². The Morgan fingerprint density at radius 1 is 1.07 bits per heavy atom. The second-order valence-electron chi connectivity index (χ2n) is 6.41. The maximum absolute atomic E-state index is 13.8. The lowest BCUT2D eigenvalue weighted by Crippen LogP contribution is -2.00. The Kier molecular flexibility index (Phi) is 5.01. The molecule has 0 amide bonds. The fraction of sp³-hybridized carbons (Fsp3) is 0.0870. The van der Waals surface area contributed by atoms with E-state index in [-0.39, 0.29) is 24.0 Å². The first-order valence-corrected chi connectivity index (χ1v) is 9.52. The molecule has 0 radical (unpaired) electrons. The second kappa shape index (κ2) is 7.60. The van der Waals surface area contributed by atoms with Gasteiger partial charge in [-0.2, -0.15) is 0 Å². The summed E-state index contributed by atoms with van der Waals surface area (Å²) >= 11 is 3.47. The monoisotopic (exact) mass is 438 g/mol. The number of carbonyl (C=O) groups is 1. The van der Waals surface area contributed by atoms with Crippen LogP contribution in [0, 0.1) is 12.7 Å². The first-order valence-electron chi connectivity index (χ1n) is 8.73. The van der Waals surface area contributed by atoms with Gasteiger partial charge in [0.1, 0.15) is 23.9 Å². The molecule has 1 aliphatic heterocycles. The summed E-state index contributed by atoms with van der Waals surface area (Å²) in [6, 6.07) is 17.5. The van der Waals surface area contributed by atoms with Gasteiger partial charge in [0.2, 0.25) is 5.78 Å². The number of allylic oxidation sites excluding steroid dienone is 1. The zero-order valence-electron chi connectivity index (χ0n) is 15.0. The molecule has 1 heterocycles. The smallest absolute Gasteiger partial charge is 0.231 e. The normalized spacial score (nSPS) is 14.1. The lowest BCUT2D eigenvalue weighted by Gasteiger charge is -2.12. The zero-order chi connectivity index (χ0) is 19.7. The highest BCUT2D eigenvalue weighted by Gasteiger charge is 2.30. The standard InChI is InChI=1S/C23H16BrFO3/c1-14-20(27-13-16-7-3-5-9-19(16)25)11-10-17-22(26)21(28-23(14)17)12-15-6-2-4-8-18(15)24/h2-12H,13H2,1H3/b21-12-. The quantitative estimate of drug-likeness (QED) is 0.462. The van der Waals surface area contributed by atoms with E-state index in [0.717, 1.165) is 10.0 Å². The topological polar surface area (TPSA) is 35.5 Å². The average molecular weight is 439 g/mol. The van der Waals surface area contributed by atoms with Crippen molar-refractivity contribution in [2.75, 3.05) is 0 Å². The number of ketones is 1. The number of rotatable bonds is 4. The first kappa shape index (κ1) is 18.4. The minimum Gasteiger partial charge on any atom is -0.488 e. The van der Waals surface area contributed by atoms with Crippen LogP contribution in [0.5, 0.6) is 11.5 Å². The average Bonchev–Trinajstić information content (AvgIpc) is 3.01. The van der Waals surface area contributed by atoms with Crippen LogP contribution in [0.25, 0.3) is 6.08 Å². The van der Waals surface area contributed by atoms with Crippen molar-refractivity contribution in [3.8, 4) is 11.5 Å². The molecule has 0 aliphatic carbocycles. The molecular weight excluding hydrogens is 423 g/mol. The summed E-state index contributed by atoms with van der Waals surface area (Å²) in [6.45, 7) is 1.92. The fourth-order valence-corrected chi connectivity index (χ4v) is 3.43. The molecule has 3 aromatic carbocycles. The molecule has 4 rings (SSSR count). The maximum atomic E-state index is 13.8. The summed E-state index contributed by atoms with van der Waals surface area (Å²) in [5.74, 6) is 0.809. The molecule has 3 nitrogen and oxygen atoms in total. The second-order valence-corrected chi connectivity index (χ2v) is 7.26. The lowest BCUT2D eigenvalue weighted by molar-refractivity contribution is 0.101. The van der Waals surface area contributed by atoms with Gasteiger partial charge in [-0.25, -0.2) is 4.39 Å². The molecule has 1 aliphatic rings. The summed E-state index contributed by atoms with van der Waals surface area (Å²) in [5, 5.41) is 0. The van der Waals surface area contributed by atoms with Crippen LogP contribution in [0.15, 0.2) is 70.9 Å². The van der Waals surface area contributed by atoms with E-state index in [2.05, 4.69) is 15.9 Å². The number of ether oxygens (including phenoxy) is 2. The molecule has 0 saturated heterocycles. The van der Waals surface area contributed by atoms with E-state index >= 15 is 0 Å². The van der Waals surface area contributed by atoms with Crippen molar-refractivity contribution in [2.45, 2.75) is 13.5 Å². The Hall–Kier alpha value is -2.92. The SMILES string of the molecule is Cc1c(OCc2ccccc2F)ccc2c1O/C(=C\c1ccccc1Br)C2=O. The Morgan fingerprint density at radius 3 is 2.61 bits per heavy atom. The Labute approximate surface area is 170 Å². The van der Waals surface area contributed by atoms with Crippen LogP contribution >= 0.6 is 15.9 Å². The number of benzene rings is 3. The number of halogens is 2. The summed E-state index contributed by atoms with van der Waals surface area (Å²) in [4.78, 5) is 12.7. The molecule has 0 aromatic heterocycles. The summed E-state index contributed by atoms with van der Waals surface area (Å²) in [6.07, 6.45) is 1.71. The van der Waals surface area contributed by atoms with Crippen molar-refractivity contribution in [3.63, 3.8) is 0 Å². The van der Waals surface area contributed by atoms with Crippen molar-refractivity contribution < 1.29 is 18.7 Å². The van der Waals surface area contributed by atoms with Crippen LogP contribution < -0.4 is 9.47 Å². The third kappa shape index (κ3) is 3.45. The molecule has 0 spiro atoms. The largest absolute Gasteiger partial charge is 0.488 e. The van der Waals surface area contributed by atoms with Crippen LogP contribution in [0.1, 0.15) is 27.0 Å².